The summed E-state index contributed by atoms with van der Waals surface area (Å²) >= 11 is 0. The molecule has 0 saturated carbocycles. The molecule has 5 nitrogen and oxygen atoms in total. The number of carbonyl (C=O) groups is 2. The van der Waals surface area contributed by atoms with Crippen LogP contribution in [0.3, 0.4) is 0 Å². The molecule has 2 aromatic rings. The Morgan fingerprint density at radius 3 is 2.40 bits per heavy atom. The van der Waals surface area contributed by atoms with E-state index in [0.29, 0.717) is 18.7 Å². The fourth-order valence-electron chi connectivity index (χ4n) is 3.13. The van der Waals surface area contributed by atoms with Crippen molar-refractivity contribution in [2.75, 3.05) is 6.61 Å². The molecule has 6 heteroatoms. The maximum atomic E-state index is 13.1. The predicted octanol–water partition coefficient (Wildman–Crippen LogP) is 4.24. The topological polar surface area (TPSA) is 58.6 Å². The van der Waals surface area contributed by atoms with Gasteiger partial charge in [0, 0.05) is 12.6 Å². The maximum Gasteiger partial charge on any atom is 0.261 e. The van der Waals surface area contributed by atoms with Crippen molar-refractivity contribution in [3.05, 3.63) is 65.5 Å². The summed E-state index contributed by atoms with van der Waals surface area (Å²) in [5, 5.41) is 2.98. The molecule has 2 atom stereocenters. The first kappa shape index (κ1) is 23.4. The normalized spacial score (nSPS) is 12.7. The zero-order valence-electron chi connectivity index (χ0n) is 18.2. The Bertz CT molecular complexity index is 839. The smallest absolute Gasteiger partial charge is 0.261 e. The van der Waals surface area contributed by atoms with E-state index in [1.54, 1.807) is 4.90 Å². The standard InChI is InChI=1S/C24H31FN2O3/c1-5-18(4)26-24(29)22(6-2)27(15-19-9-7-8-17(3)14-19)23(28)16-30-21-12-10-20(25)11-13-21/h7-14,18,22H,5-6,15-16H2,1-4H3,(H,26,29)/t18-,22-/m1/s1. The van der Waals surface area contributed by atoms with Crippen LogP contribution in [-0.4, -0.2) is 35.4 Å². The van der Waals surface area contributed by atoms with Crippen molar-refractivity contribution in [1.82, 2.24) is 10.2 Å². The molecule has 0 aliphatic rings. The minimum absolute atomic E-state index is 0.0259. The molecule has 30 heavy (non-hydrogen) atoms. The molecule has 162 valence electrons. The van der Waals surface area contributed by atoms with Crippen LogP contribution in [0, 0.1) is 12.7 Å². The third kappa shape index (κ3) is 6.87. The molecular weight excluding hydrogens is 383 g/mol. The van der Waals surface area contributed by atoms with Crippen LogP contribution in [0.2, 0.25) is 0 Å². The van der Waals surface area contributed by atoms with Gasteiger partial charge in [0.2, 0.25) is 5.91 Å². The molecule has 1 N–H and O–H groups in total. The van der Waals surface area contributed by atoms with Gasteiger partial charge in [-0.25, -0.2) is 4.39 Å². The molecule has 2 rings (SSSR count). The second-order valence-electron chi connectivity index (χ2n) is 7.50. The van der Waals surface area contributed by atoms with Crippen LogP contribution in [0.15, 0.2) is 48.5 Å². The number of rotatable bonds is 10. The Kier molecular flexibility index (Phi) is 8.84. The Morgan fingerprint density at radius 1 is 1.10 bits per heavy atom. The molecule has 0 radical (unpaired) electrons. The molecule has 0 unspecified atom stereocenters. The van der Waals surface area contributed by atoms with Crippen LogP contribution < -0.4 is 10.1 Å². The van der Waals surface area contributed by atoms with Gasteiger partial charge < -0.3 is 15.0 Å². The molecule has 2 aromatic carbocycles. The Morgan fingerprint density at radius 2 is 1.80 bits per heavy atom. The van der Waals surface area contributed by atoms with E-state index in [2.05, 4.69) is 5.32 Å². The van der Waals surface area contributed by atoms with Gasteiger partial charge in [0.15, 0.2) is 6.61 Å². The average Bonchev–Trinajstić information content (AvgIpc) is 2.72. The second kappa shape index (κ2) is 11.3. The number of hydrogen-bond acceptors (Lipinski definition) is 3. The minimum atomic E-state index is -0.608. The van der Waals surface area contributed by atoms with Crippen molar-refractivity contribution in [2.45, 2.75) is 59.2 Å². The molecular formula is C24H31FN2O3. The van der Waals surface area contributed by atoms with Crippen LogP contribution in [0.4, 0.5) is 4.39 Å². The number of nitrogens with one attached hydrogen (secondary N) is 1. The summed E-state index contributed by atoms with van der Waals surface area (Å²) in [6.07, 6.45) is 1.29. The predicted molar refractivity (Wildman–Crippen MR) is 116 cm³/mol. The van der Waals surface area contributed by atoms with Crippen molar-refractivity contribution >= 4 is 11.8 Å². The SMILES string of the molecule is CC[C@@H](C)NC(=O)[C@@H](CC)N(Cc1cccc(C)c1)C(=O)COc1ccc(F)cc1. The van der Waals surface area contributed by atoms with Gasteiger partial charge in [-0.15, -0.1) is 0 Å². The highest BCUT2D eigenvalue weighted by molar-refractivity contribution is 5.88. The summed E-state index contributed by atoms with van der Waals surface area (Å²) in [6, 6.07) is 12.8. The van der Waals surface area contributed by atoms with Gasteiger partial charge >= 0.3 is 0 Å². The fraction of sp³-hybridized carbons (Fsp3) is 0.417. The van der Waals surface area contributed by atoms with Gasteiger partial charge in [-0.1, -0.05) is 43.7 Å². The van der Waals surface area contributed by atoms with Gasteiger partial charge in [-0.05, 0) is 56.5 Å². The van der Waals surface area contributed by atoms with Gasteiger partial charge in [-0.3, -0.25) is 9.59 Å². The van der Waals surface area contributed by atoms with Crippen molar-refractivity contribution in [2.24, 2.45) is 0 Å². The van der Waals surface area contributed by atoms with E-state index in [1.165, 1.54) is 24.3 Å². The number of aryl methyl sites for hydroxylation is 1. The highest BCUT2D eigenvalue weighted by atomic mass is 19.1. The molecule has 0 bridgehead atoms. The van der Waals surface area contributed by atoms with E-state index < -0.39 is 6.04 Å². The summed E-state index contributed by atoms with van der Waals surface area (Å²) in [5.41, 5.74) is 2.03. The number of ether oxygens (including phenoxy) is 1. The van der Waals surface area contributed by atoms with Crippen molar-refractivity contribution in [3.8, 4) is 5.75 Å². The first-order valence-electron chi connectivity index (χ1n) is 10.4. The van der Waals surface area contributed by atoms with Gasteiger partial charge in [0.25, 0.3) is 5.91 Å². The lowest BCUT2D eigenvalue weighted by Crippen LogP contribution is -2.51. The molecule has 0 fully saturated rings. The summed E-state index contributed by atoms with van der Waals surface area (Å²) < 4.78 is 18.6. The summed E-state index contributed by atoms with van der Waals surface area (Å²) in [4.78, 5) is 27.5. The third-order valence-electron chi connectivity index (χ3n) is 5.00. The second-order valence-corrected chi connectivity index (χ2v) is 7.50. The van der Waals surface area contributed by atoms with Crippen LogP contribution in [-0.2, 0) is 16.1 Å². The zero-order chi connectivity index (χ0) is 22.1. The maximum absolute atomic E-state index is 13.1. The molecule has 0 aliphatic heterocycles. The first-order valence-corrected chi connectivity index (χ1v) is 10.4. The average molecular weight is 415 g/mol. The van der Waals surface area contributed by atoms with Crippen LogP contribution in [0.1, 0.15) is 44.7 Å². The molecule has 0 saturated heterocycles. The van der Waals surface area contributed by atoms with E-state index in [0.717, 1.165) is 17.5 Å². The lowest BCUT2D eigenvalue weighted by atomic mass is 10.1. The molecule has 0 aliphatic carbocycles. The lowest BCUT2D eigenvalue weighted by molar-refractivity contribution is -0.143. The molecule has 0 aromatic heterocycles. The van der Waals surface area contributed by atoms with Gasteiger partial charge in [0.1, 0.15) is 17.6 Å². The van der Waals surface area contributed by atoms with E-state index in [1.807, 2.05) is 52.0 Å². The molecule has 0 heterocycles. The van der Waals surface area contributed by atoms with Crippen LogP contribution in [0.5, 0.6) is 5.75 Å². The Labute approximate surface area is 178 Å². The van der Waals surface area contributed by atoms with E-state index in [-0.39, 0.29) is 30.3 Å². The van der Waals surface area contributed by atoms with Crippen molar-refractivity contribution in [3.63, 3.8) is 0 Å². The zero-order valence-corrected chi connectivity index (χ0v) is 18.2. The summed E-state index contributed by atoms with van der Waals surface area (Å²) in [5.74, 6) is -0.443. The number of benzene rings is 2. The Hall–Kier alpha value is -2.89. The highest BCUT2D eigenvalue weighted by Crippen LogP contribution is 2.16. The first-order chi connectivity index (χ1) is 14.3. The van der Waals surface area contributed by atoms with Crippen molar-refractivity contribution < 1.29 is 18.7 Å². The third-order valence-corrected chi connectivity index (χ3v) is 5.00. The monoisotopic (exact) mass is 414 g/mol. The number of amides is 2. The Balaban J connectivity index is 2.20. The fourth-order valence-corrected chi connectivity index (χ4v) is 3.13. The largest absolute Gasteiger partial charge is 0.484 e. The van der Waals surface area contributed by atoms with E-state index >= 15 is 0 Å². The molecule has 0 spiro atoms. The van der Waals surface area contributed by atoms with E-state index in [9.17, 15) is 14.0 Å². The van der Waals surface area contributed by atoms with Crippen LogP contribution in [0.25, 0.3) is 0 Å². The number of carbonyl (C=O) groups excluding carboxylic acids is 2. The highest BCUT2D eigenvalue weighted by Gasteiger charge is 2.29. The summed E-state index contributed by atoms with van der Waals surface area (Å²) in [7, 11) is 0. The number of halogens is 1. The quantitative estimate of drug-likeness (QED) is 0.633. The number of hydrogen-bond donors (Lipinski definition) is 1. The minimum Gasteiger partial charge on any atom is -0.484 e. The van der Waals surface area contributed by atoms with Gasteiger partial charge in [-0.2, -0.15) is 0 Å². The molecule has 2 amide bonds. The van der Waals surface area contributed by atoms with E-state index in [4.69, 9.17) is 4.74 Å². The van der Waals surface area contributed by atoms with Crippen LogP contribution >= 0.6 is 0 Å². The van der Waals surface area contributed by atoms with Gasteiger partial charge in [0.05, 0.1) is 0 Å². The summed E-state index contributed by atoms with van der Waals surface area (Å²) in [6.45, 7) is 7.88. The van der Waals surface area contributed by atoms with Crippen molar-refractivity contribution in [1.29, 1.82) is 0 Å². The lowest BCUT2D eigenvalue weighted by Gasteiger charge is -2.31. The number of nitrogens with zero attached hydrogens (tertiary/aromatic N) is 1.